The lowest BCUT2D eigenvalue weighted by atomic mass is 9.94. The summed E-state index contributed by atoms with van der Waals surface area (Å²) >= 11 is 0. The monoisotopic (exact) mass is 374 g/mol. The summed E-state index contributed by atoms with van der Waals surface area (Å²) in [6, 6.07) is 17.9. The lowest BCUT2D eigenvalue weighted by Crippen LogP contribution is -2.40. The zero-order valence-corrected chi connectivity index (χ0v) is 16.3. The van der Waals surface area contributed by atoms with Crippen LogP contribution in [0.2, 0.25) is 0 Å². The van der Waals surface area contributed by atoms with E-state index in [2.05, 4.69) is 12.1 Å². The van der Waals surface area contributed by atoms with E-state index in [1.807, 2.05) is 54.1 Å². The minimum absolute atomic E-state index is 0.163. The molecule has 2 aromatic carbocycles. The van der Waals surface area contributed by atoms with Gasteiger partial charge in [0.15, 0.2) is 0 Å². The Morgan fingerprint density at radius 1 is 1.00 bits per heavy atom. The highest BCUT2D eigenvalue weighted by Gasteiger charge is 2.25. The molecule has 1 fully saturated rings. The quantitative estimate of drug-likeness (QED) is 0.677. The number of hydrogen-bond donors (Lipinski definition) is 0. The molecule has 4 nitrogen and oxygen atoms in total. The number of amides is 1. The Hall–Kier alpha value is -2.88. The number of nitrogens with zero attached hydrogens (tertiary/aromatic N) is 2. The van der Waals surface area contributed by atoms with Gasteiger partial charge in [-0.05, 0) is 30.5 Å². The van der Waals surface area contributed by atoms with Gasteiger partial charge in [0.1, 0.15) is 5.56 Å². The van der Waals surface area contributed by atoms with Gasteiger partial charge >= 0.3 is 0 Å². The number of carbonyl (C=O) groups excluding carboxylic acids is 1. The first-order valence-corrected chi connectivity index (χ1v) is 10.1. The standard InChI is InChI=1S/C24H26N2O2/c1-25(19-12-6-3-7-13-19)24(28)21-17-26(16-18-10-4-2-5-11-18)22-15-9-8-14-20(22)23(21)27/h2,4-5,8-11,14-15,17,19H,3,6-7,12-13,16H2,1H3. The summed E-state index contributed by atoms with van der Waals surface area (Å²) in [4.78, 5) is 28.1. The van der Waals surface area contributed by atoms with Crippen LogP contribution in [0, 0.1) is 0 Å². The third-order valence-electron chi connectivity index (χ3n) is 5.86. The van der Waals surface area contributed by atoms with Crippen molar-refractivity contribution in [2.75, 3.05) is 7.05 Å². The molecule has 3 aromatic rings. The average Bonchev–Trinajstić information content (AvgIpc) is 2.76. The van der Waals surface area contributed by atoms with Gasteiger partial charge in [0.2, 0.25) is 5.43 Å². The molecule has 0 bridgehead atoms. The molecule has 1 saturated carbocycles. The molecule has 144 valence electrons. The first-order valence-electron chi connectivity index (χ1n) is 10.1. The van der Waals surface area contributed by atoms with Crippen LogP contribution >= 0.6 is 0 Å². The predicted molar refractivity (Wildman–Crippen MR) is 113 cm³/mol. The zero-order chi connectivity index (χ0) is 19.5. The van der Waals surface area contributed by atoms with Crippen molar-refractivity contribution in [2.45, 2.75) is 44.7 Å². The Balaban J connectivity index is 1.76. The van der Waals surface area contributed by atoms with Crippen LogP contribution in [0.5, 0.6) is 0 Å². The van der Waals surface area contributed by atoms with Crippen molar-refractivity contribution in [2.24, 2.45) is 0 Å². The number of fused-ring (bicyclic) bond motifs is 1. The second-order valence-electron chi connectivity index (χ2n) is 7.71. The summed E-state index contributed by atoms with van der Waals surface area (Å²) in [6.07, 6.45) is 7.33. The minimum Gasteiger partial charge on any atom is -0.342 e. The van der Waals surface area contributed by atoms with Gasteiger partial charge < -0.3 is 9.47 Å². The molecule has 0 spiro atoms. The molecule has 1 amide bonds. The van der Waals surface area contributed by atoms with Crippen LogP contribution in [0.15, 0.2) is 65.6 Å². The molecular weight excluding hydrogens is 348 g/mol. The van der Waals surface area contributed by atoms with Crippen LogP contribution < -0.4 is 5.43 Å². The molecule has 0 atom stereocenters. The highest BCUT2D eigenvalue weighted by Crippen LogP contribution is 2.23. The van der Waals surface area contributed by atoms with E-state index in [1.165, 1.54) is 6.42 Å². The first kappa shape index (κ1) is 18.5. The van der Waals surface area contributed by atoms with Crippen molar-refractivity contribution in [3.05, 3.63) is 82.1 Å². The molecule has 0 aliphatic heterocycles. The van der Waals surface area contributed by atoms with Gasteiger partial charge in [0.25, 0.3) is 5.91 Å². The molecule has 0 saturated heterocycles. The number of benzene rings is 2. The predicted octanol–water partition coefficient (Wildman–Crippen LogP) is 4.45. The minimum atomic E-state index is -0.174. The van der Waals surface area contributed by atoms with Crippen LogP contribution in [0.3, 0.4) is 0 Å². The van der Waals surface area contributed by atoms with Crippen molar-refractivity contribution >= 4 is 16.8 Å². The van der Waals surface area contributed by atoms with Crippen molar-refractivity contribution in [3.63, 3.8) is 0 Å². The highest BCUT2D eigenvalue weighted by molar-refractivity contribution is 5.97. The maximum atomic E-state index is 13.2. The number of carbonyl (C=O) groups is 1. The number of hydrogen-bond acceptors (Lipinski definition) is 2. The van der Waals surface area contributed by atoms with Crippen molar-refractivity contribution in [3.8, 4) is 0 Å². The van der Waals surface area contributed by atoms with Gasteiger partial charge in [-0.1, -0.05) is 61.7 Å². The number of para-hydroxylation sites is 1. The van der Waals surface area contributed by atoms with E-state index in [0.29, 0.717) is 11.9 Å². The summed E-state index contributed by atoms with van der Waals surface area (Å²) in [5.74, 6) is -0.163. The van der Waals surface area contributed by atoms with Gasteiger partial charge in [0.05, 0.1) is 5.52 Å². The maximum Gasteiger partial charge on any atom is 0.259 e. The SMILES string of the molecule is CN(C(=O)c1cn(Cc2ccccc2)c2ccccc2c1=O)C1CCCCC1. The van der Waals surface area contributed by atoms with Gasteiger partial charge in [0, 0.05) is 31.2 Å². The number of pyridine rings is 1. The Bertz CT molecular complexity index is 1030. The first-order chi connectivity index (χ1) is 13.6. The fourth-order valence-corrected chi connectivity index (χ4v) is 4.23. The van der Waals surface area contributed by atoms with E-state index in [0.717, 1.165) is 36.8 Å². The third-order valence-corrected chi connectivity index (χ3v) is 5.86. The summed E-state index contributed by atoms with van der Waals surface area (Å²) in [5.41, 5.74) is 2.08. The van der Waals surface area contributed by atoms with E-state index < -0.39 is 0 Å². The van der Waals surface area contributed by atoms with Gasteiger partial charge in [-0.3, -0.25) is 9.59 Å². The largest absolute Gasteiger partial charge is 0.342 e. The average molecular weight is 374 g/mol. The summed E-state index contributed by atoms with van der Waals surface area (Å²) in [6.45, 7) is 0.620. The van der Waals surface area contributed by atoms with E-state index in [9.17, 15) is 9.59 Å². The van der Waals surface area contributed by atoms with E-state index in [4.69, 9.17) is 0 Å². The number of rotatable bonds is 4. The zero-order valence-electron chi connectivity index (χ0n) is 16.3. The molecule has 1 aromatic heterocycles. The third kappa shape index (κ3) is 3.59. The topological polar surface area (TPSA) is 42.3 Å². The smallest absolute Gasteiger partial charge is 0.259 e. The normalized spacial score (nSPS) is 14.9. The lowest BCUT2D eigenvalue weighted by Gasteiger charge is -2.31. The van der Waals surface area contributed by atoms with Crippen molar-refractivity contribution < 1.29 is 4.79 Å². The summed E-state index contributed by atoms with van der Waals surface area (Å²) in [5, 5.41) is 0.598. The van der Waals surface area contributed by atoms with Crippen LogP contribution in [0.25, 0.3) is 10.9 Å². The Morgan fingerprint density at radius 2 is 1.68 bits per heavy atom. The second kappa shape index (κ2) is 8.01. The Labute approximate surface area is 165 Å². The molecule has 1 aliphatic carbocycles. The molecular formula is C24H26N2O2. The molecule has 4 rings (SSSR count). The fraction of sp³-hybridized carbons (Fsp3) is 0.333. The van der Waals surface area contributed by atoms with E-state index in [-0.39, 0.29) is 22.9 Å². The molecule has 0 unspecified atom stereocenters. The van der Waals surface area contributed by atoms with Crippen molar-refractivity contribution in [1.29, 1.82) is 0 Å². The van der Waals surface area contributed by atoms with E-state index >= 15 is 0 Å². The van der Waals surface area contributed by atoms with Gasteiger partial charge in [-0.15, -0.1) is 0 Å². The molecule has 1 heterocycles. The Kier molecular flexibility index (Phi) is 5.29. The molecule has 0 radical (unpaired) electrons. The fourth-order valence-electron chi connectivity index (χ4n) is 4.23. The highest BCUT2D eigenvalue weighted by atomic mass is 16.2. The summed E-state index contributed by atoms with van der Waals surface area (Å²) < 4.78 is 2.02. The number of aromatic nitrogens is 1. The van der Waals surface area contributed by atoms with Crippen LogP contribution in [0.4, 0.5) is 0 Å². The van der Waals surface area contributed by atoms with Gasteiger partial charge in [-0.25, -0.2) is 0 Å². The lowest BCUT2D eigenvalue weighted by molar-refractivity contribution is 0.0694. The molecule has 28 heavy (non-hydrogen) atoms. The summed E-state index contributed by atoms with van der Waals surface area (Å²) in [7, 11) is 1.84. The van der Waals surface area contributed by atoms with Crippen LogP contribution in [-0.2, 0) is 6.54 Å². The van der Waals surface area contributed by atoms with Crippen LogP contribution in [0.1, 0.15) is 48.0 Å². The van der Waals surface area contributed by atoms with Crippen molar-refractivity contribution in [1.82, 2.24) is 9.47 Å². The molecule has 1 aliphatic rings. The van der Waals surface area contributed by atoms with Gasteiger partial charge in [-0.2, -0.15) is 0 Å². The second-order valence-corrected chi connectivity index (χ2v) is 7.71. The molecule has 0 N–H and O–H groups in total. The Morgan fingerprint density at radius 3 is 2.43 bits per heavy atom. The van der Waals surface area contributed by atoms with Crippen LogP contribution in [-0.4, -0.2) is 28.5 Å². The maximum absolute atomic E-state index is 13.2. The van der Waals surface area contributed by atoms with E-state index in [1.54, 1.807) is 11.1 Å². The molecule has 4 heteroatoms.